The van der Waals surface area contributed by atoms with Crippen molar-refractivity contribution in [1.82, 2.24) is 4.90 Å². The Hall–Kier alpha value is -1.91. The van der Waals surface area contributed by atoms with Gasteiger partial charge >= 0.3 is 0 Å². The summed E-state index contributed by atoms with van der Waals surface area (Å²) in [5.74, 6) is 1.32. The zero-order valence-corrected chi connectivity index (χ0v) is 16.0. The number of nitrogens with zero attached hydrogens (tertiary/aromatic N) is 1. The molecule has 0 aromatic heterocycles. The lowest BCUT2D eigenvalue weighted by atomic mass is 10.1. The zero-order valence-electron chi connectivity index (χ0n) is 14.5. The van der Waals surface area contributed by atoms with E-state index in [-0.39, 0.29) is 5.91 Å². The van der Waals surface area contributed by atoms with E-state index in [0.717, 1.165) is 11.1 Å². The maximum Gasteiger partial charge on any atom is 0.222 e. The number of hydrogen-bond acceptors (Lipinski definition) is 3. The van der Waals surface area contributed by atoms with Gasteiger partial charge in [-0.25, -0.2) is 0 Å². The molecule has 0 unspecified atom stereocenters. The van der Waals surface area contributed by atoms with Crippen LogP contribution in [0.3, 0.4) is 0 Å². The van der Waals surface area contributed by atoms with Crippen molar-refractivity contribution in [1.29, 1.82) is 0 Å². The molecule has 25 heavy (non-hydrogen) atoms. The van der Waals surface area contributed by atoms with Gasteiger partial charge in [0.05, 0.1) is 14.2 Å². The number of benzene rings is 2. The number of ether oxygens (including phenoxy) is 2. The number of carbonyl (C=O) groups excluding carboxylic acids is 1. The quantitative estimate of drug-likeness (QED) is 0.703. The van der Waals surface area contributed by atoms with E-state index >= 15 is 0 Å². The molecule has 0 spiro atoms. The van der Waals surface area contributed by atoms with Gasteiger partial charge in [-0.15, -0.1) is 0 Å². The number of amides is 1. The summed E-state index contributed by atoms with van der Waals surface area (Å²) in [4.78, 5) is 14.1. The third-order valence-corrected chi connectivity index (χ3v) is 4.65. The Bertz CT molecular complexity index is 729. The van der Waals surface area contributed by atoms with Crippen LogP contribution in [0, 0.1) is 0 Å². The Morgan fingerprint density at radius 3 is 2.28 bits per heavy atom. The van der Waals surface area contributed by atoms with Crippen molar-refractivity contribution in [2.75, 3.05) is 21.3 Å². The summed E-state index contributed by atoms with van der Waals surface area (Å²) in [7, 11) is 4.95. The molecule has 0 bridgehead atoms. The van der Waals surface area contributed by atoms with Gasteiger partial charge < -0.3 is 14.4 Å². The molecule has 2 aromatic carbocycles. The number of methoxy groups -OCH3 is 2. The first kappa shape index (κ1) is 19.4. The smallest absolute Gasteiger partial charge is 0.222 e. The monoisotopic (exact) mass is 381 g/mol. The number of halogens is 2. The van der Waals surface area contributed by atoms with Crippen molar-refractivity contribution in [3.05, 3.63) is 57.6 Å². The van der Waals surface area contributed by atoms with Gasteiger partial charge in [0.15, 0.2) is 11.5 Å². The maximum absolute atomic E-state index is 12.4. The second-order valence-electron chi connectivity index (χ2n) is 5.64. The van der Waals surface area contributed by atoms with Crippen LogP contribution in [0.2, 0.25) is 10.0 Å². The molecule has 0 saturated carbocycles. The fourth-order valence-electron chi connectivity index (χ4n) is 2.53. The third-order valence-electron chi connectivity index (χ3n) is 3.94. The van der Waals surface area contributed by atoms with Gasteiger partial charge in [-0.05, 0) is 41.8 Å². The summed E-state index contributed by atoms with van der Waals surface area (Å²) < 4.78 is 10.5. The number of carbonyl (C=O) groups is 1. The maximum atomic E-state index is 12.4. The molecule has 0 atom stereocenters. The molecule has 1 amide bonds. The largest absolute Gasteiger partial charge is 0.493 e. The van der Waals surface area contributed by atoms with Gasteiger partial charge in [-0.2, -0.15) is 0 Å². The molecule has 0 saturated heterocycles. The predicted molar refractivity (Wildman–Crippen MR) is 101 cm³/mol. The molecule has 0 aliphatic rings. The van der Waals surface area contributed by atoms with Crippen molar-refractivity contribution in [3.8, 4) is 11.5 Å². The SMILES string of the molecule is COc1ccc(CN(C)C(=O)CCc2c(Cl)cccc2Cl)cc1OC. The van der Waals surface area contributed by atoms with Gasteiger partial charge in [0.1, 0.15) is 0 Å². The molecular formula is C19H21Cl2NO3. The summed E-state index contributed by atoms with van der Waals surface area (Å²) in [6.07, 6.45) is 0.848. The van der Waals surface area contributed by atoms with Crippen molar-refractivity contribution in [2.24, 2.45) is 0 Å². The topological polar surface area (TPSA) is 38.8 Å². The van der Waals surface area contributed by atoms with Crippen LogP contribution in [0.25, 0.3) is 0 Å². The molecule has 0 heterocycles. The van der Waals surface area contributed by atoms with E-state index in [4.69, 9.17) is 32.7 Å². The number of hydrogen-bond donors (Lipinski definition) is 0. The zero-order chi connectivity index (χ0) is 18.4. The lowest BCUT2D eigenvalue weighted by Gasteiger charge is -2.18. The minimum absolute atomic E-state index is 0.0192. The van der Waals surface area contributed by atoms with Crippen molar-refractivity contribution >= 4 is 29.1 Å². The second kappa shape index (κ2) is 8.97. The van der Waals surface area contributed by atoms with Crippen LogP contribution in [0.1, 0.15) is 17.5 Å². The lowest BCUT2D eigenvalue weighted by molar-refractivity contribution is -0.130. The molecule has 0 N–H and O–H groups in total. The van der Waals surface area contributed by atoms with Crippen LogP contribution in [-0.4, -0.2) is 32.1 Å². The molecule has 0 aliphatic carbocycles. The summed E-state index contributed by atoms with van der Waals surface area (Å²) in [5, 5.41) is 1.17. The van der Waals surface area contributed by atoms with Crippen LogP contribution in [-0.2, 0) is 17.8 Å². The second-order valence-corrected chi connectivity index (χ2v) is 6.45. The predicted octanol–water partition coefficient (Wildman–Crippen LogP) is 4.60. The van der Waals surface area contributed by atoms with Crippen molar-refractivity contribution in [2.45, 2.75) is 19.4 Å². The van der Waals surface area contributed by atoms with E-state index in [0.29, 0.717) is 40.9 Å². The van der Waals surface area contributed by atoms with E-state index in [1.807, 2.05) is 18.2 Å². The van der Waals surface area contributed by atoms with Crippen LogP contribution in [0.15, 0.2) is 36.4 Å². The van der Waals surface area contributed by atoms with Crippen molar-refractivity contribution in [3.63, 3.8) is 0 Å². The Morgan fingerprint density at radius 2 is 1.68 bits per heavy atom. The highest BCUT2D eigenvalue weighted by Gasteiger charge is 2.13. The minimum Gasteiger partial charge on any atom is -0.493 e. The van der Waals surface area contributed by atoms with E-state index < -0.39 is 0 Å². The first-order chi connectivity index (χ1) is 12.0. The molecule has 0 fully saturated rings. The molecule has 2 rings (SSSR count). The van der Waals surface area contributed by atoms with Crippen LogP contribution >= 0.6 is 23.2 Å². The highest BCUT2D eigenvalue weighted by Crippen LogP contribution is 2.28. The van der Waals surface area contributed by atoms with Crippen LogP contribution in [0.4, 0.5) is 0 Å². The minimum atomic E-state index is 0.0192. The summed E-state index contributed by atoms with van der Waals surface area (Å²) in [6, 6.07) is 11.0. The first-order valence-electron chi connectivity index (χ1n) is 7.84. The van der Waals surface area contributed by atoms with E-state index in [2.05, 4.69) is 0 Å². The Morgan fingerprint density at radius 1 is 1.04 bits per heavy atom. The van der Waals surface area contributed by atoms with Gasteiger partial charge in [-0.3, -0.25) is 4.79 Å². The molecule has 0 aliphatic heterocycles. The van der Waals surface area contributed by atoms with E-state index in [1.54, 1.807) is 44.4 Å². The highest BCUT2D eigenvalue weighted by molar-refractivity contribution is 6.36. The standard InChI is InChI=1S/C19H21Cl2NO3/c1-22(12-13-7-9-17(24-2)18(11-13)25-3)19(23)10-8-14-15(20)5-4-6-16(14)21/h4-7,9,11H,8,10,12H2,1-3H3. The van der Waals surface area contributed by atoms with Gasteiger partial charge in [0.2, 0.25) is 5.91 Å². The molecule has 6 heteroatoms. The van der Waals surface area contributed by atoms with Crippen LogP contribution in [0.5, 0.6) is 11.5 Å². The Labute approximate surface area is 158 Å². The molecule has 134 valence electrons. The lowest BCUT2D eigenvalue weighted by Crippen LogP contribution is -2.26. The molecule has 4 nitrogen and oxygen atoms in total. The van der Waals surface area contributed by atoms with Gasteiger partial charge in [-0.1, -0.05) is 35.3 Å². The van der Waals surface area contributed by atoms with Gasteiger partial charge in [0, 0.05) is 30.1 Å². The van der Waals surface area contributed by atoms with Gasteiger partial charge in [0.25, 0.3) is 0 Å². The first-order valence-corrected chi connectivity index (χ1v) is 8.59. The average molecular weight is 382 g/mol. The summed E-state index contributed by atoms with van der Waals surface area (Å²) >= 11 is 12.3. The Kier molecular flexibility index (Phi) is 6.97. The fraction of sp³-hybridized carbons (Fsp3) is 0.316. The highest BCUT2D eigenvalue weighted by atomic mass is 35.5. The molecular weight excluding hydrogens is 361 g/mol. The average Bonchev–Trinajstić information content (AvgIpc) is 2.60. The van der Waals surface area contributed by atoms with E-state index in [1.165, 1.54) is 0 Å². The van der Waals surface area contributed by atoms with Crippen molar-refractivity contribution < 1.29 is 14.3 Å². The molecule has 0 radical (unpaired) electrons. The number of rotatable bonds is 7. The summed E-state index contributed by atoms with van der Waals surface area (Å²) in [6.45, 7) is 0.482. The summed E-state index contributed by atoms with van der Waals surface area (Å²) in [5.41, 5.74) is 1.77. The van der Waals surface area contributed by atoms with Crippen LogP contribution < -0.4 is 9.47 Å². The van der Waals surface area contributed by atoms with E-state index in [9.17, 15) is 4.79 Å². The molecule has 2 aromatic rings. The fourth-order valence-corrected chi connectivity index (χ4v) is 3.12. The third kappa shape index (κ3) is 5.03. The normalized spacial score (nSPS) is 10.4. The Balaban J connectivity index is 1.98.